The molecule has 0 bridgehead atoms. The molecular formula is C22H26O12. The Hall–Kier alpha value is -3.16. The van der Waals surface area contributed by atoms with Gasteiger partial charge in [0.15, 0.2) is 23.5 Å². The molecule has 0 aromatic heterocycles. The molecule has 6 N–H and O–H groups in total. The molecule has 12 heteroatoms. The van der Waals surface area contributed by atoms with Gasteiger partial charge in [0.25, 0.3) is 0 Å². The van der Waals surface area contributed by atoms with E-state index in [-0.39, 0.29) is 48.1 Å². The van der Waals surface area contributed by atoms with E-state index >= 15 is 0 Å². The Morgan fingerprint density at radius 2 is 1.82 bits per heavy atom. The van der Waals surface area contributed by atoms with E-state index in [9.17, 15) is 40.2 Å². The van der Waals surface area contributed by atoms with E-state index in [4.69, 9.17) is 14.2 Å². The molecule has 0 amide bonds. The number of esters is 1. The van der Waals surface area contributed by atoms with E-state index in [1.807, 2.05) is 0 Å². The van der Waals surface area contributed by atoms with Crippen LogP contribution in [0.25, 0.3) is 10.8 Å². The van der Waals surface area contributed by atoms with Crippen molar-refractivity contribution >= 4 is 16.7 Å². The molecule has 0 spiro atoms. The van der Waals surface area contributed by atoms with Gasteiger partial charge < -0.3 is 49.6 Å². The number of aliphatic hydroxyl groups excluding tert-OH is 3. The number of aromatic hydroxyl groups is 3. The number of aliphatic hydroxyl groups is 3. The van der Waals surface area contributed by atoms with Crippen molar-refractivity contribution in [2.75, 3.05) is 26.9 Å². The molecule has 4 atom stereocenters. The standard InChI is InChI=1S/C22H26O12/c1-31-22(30)11-5-10-7-14(20(28)21(29)17(10)19(27)12(24)6-11)32-3-2-4-33-16-8-13(25)18(26)15(9-23)34-16/h5-7,13,15-16,18,23,25-26,28-29H,2-4,8-9H2,1H3,(H,24,27). The first-order chi connectivity index (χ1) is 16.2. The predicted octanol–water partition coefficient (Wildman–Crippen LogP) is -0.282. The van der Waals surface area contributed by atoms with Crippen LogP contribution in [0.1, 0.15) is 23.2 Å². The largest absolute Gasteiger partial charge is 0.504 e. The summed E-state index contributed by atoms with van der Waals surface area (Å²) in [5.41, 5.74) is -1.13. The quantitative estimate of drug-likeness (QED) is 0.164. The summed E-state index contributed by atoms with van der Waals surface area (Å²) in [6.45, 7) is -0.375. The van der Waals surface area contributed by atoms with E-state index in [0.29, 0.717) is 0 Å². The lowest BCUT2D eigenvalue weighted by atomic mass is 10.0. The number of hydrogen-bond donors (Lipinski definition) is 6. The molecule has 0 radical (unpaired) electrons. The zero-order valence-electron chi connectivity index (χ0n) is 18.2. The third-order valence-corrected chi connectivity index (χ3v) is 5.32. The van der Waals surface area contributed by atoms with Crippen molar-refractivity contribution < 1.29 is 54.4 Å². The van der Waals surface area contributed by atoms with Crippen molar-refractivity contribution in [2.24, 2.45) is 0 Å². The third-order valence-electron chi connectivity index (χ3n) is 5.32. The molecule has 4 unspecified atom stereocenters. The van der Waals surface area contributed by atoms with Crippen LogP contribution in [0.15, 0.2) is 23.0 Å². The summed E-state index contributed by atoms with van der Waals surface area (Å²) in [6, 6.07) is 3.29. The first-order valence-corrected chi connectivity index (χ1v) is 10.4. The molecule has 1 heterocycles. The fourth-order valence-electron chi connectivity index (χ4n) is 3.53. The van der Waals surface area contributed by atoms with Crippen LogP contribution >= 0.6 is 0 Å². The number of benzene rings is 1. The van der Waals surface area contributed by atoms with Crippen molar-refractivity contribution in [3.63, 3.8) is 0 Å². The molecule has 3 rings (SSSR count). The molecule has 1 fully saturated rings. The van der Waals surface area contributed by atoms with Gasteiger partial charge in [-0.3, -0.25) is 4.79 Å². The van der Waals surface area contributed by atoms with Gasteiger partial charge in [0.1, 0.15) is 12.2 Å². The second-order valence-electron chi connectivity index (χ2n) is 7.64. The van der Waals surface area contributed by atoms with E-state index in [1.54, 1.807) is 0 Å². The minimum atomic E-state index is -1.21. The second-order valence-corrected chi connectivity index (χ2v) is 7.64. The lowest BCUT2D eigenvalue weighted by Gasteiger charge is -2.36. The number of hydrogen-bond acceptors (Lipinski definition) is 12. The molecule has 0 aliphatic carbocycles. The van der Waals surface area contributed by atoms with Crippen molar-refractivity contribution in [3.05, 3.63) is 34.0 Å². The molecule has 34 heavy (non-hydrogen) atoms. The predicted molar refractivity (Wildman–Crippen MR) is 115 cm³/mol. The number of ether oxygens (including phenoxy) is 4. The summed E-state index contributed by atoms with van der Waals surface area (Å²) in [5, 5.41) is 59.2. The van der Waals surface area contributed by atoms with Gasteiger partial charge in [-0.15, -0.1) is 0 Å². The Morgan fingerprint density at radius 3 is 2.50 bits per heavy atom. The topological polar surface area (TPSA) is 192 Å². The number of phenolic OH excluding ortho intramolecular Hbond substituents is 2. The van der Waals surface area contributed by atoms with Crippen LogP contribution in [-0.2, 0) is 14.2 Å². The molecule has 186 valence electrons. The lowest BCUT2D eigenvalue weighted by molar-refractivity contribution is -0.257. The number of phenols is 2. The Kier molecular flexibility index (Phi) is 8.12. The highest BCUT2D eigenvalue weighted by atomic mass is 16.7. The van der Waals surface area contributed by atoms with Crippen molar-refractivity contribution in [3.8, 4) is 23.0 Å². The van der Waals surface area contributed by atoms with Crippen LogP contribution in [0.3, 0.4) is 0 Å². The molecule has 12 nitrogen and oxygen atoms in total. The maximum Gasteiger partial charge on any atom is 0.338 e. The molecule has 2 aromatic carbocycles. The highest BCUT2D eigenvalue weighted by Crippen LogP contribution is 2.44. The van der Waals surface area contributed by atoms with Crippen LogP contribution in [0.5, 0.6) is 23.0 Å². The van der Waals surface area contributed by atoms with Gasteiger partial charge in [-0.1, -0.05) is 0 Å². The number of carbonyl (C=O) groups is 1. The Bertz CT molecular complexity index is 1100. The summed E-state index contributed by atoms with van der Waals surface area (Å²) >= 11 is 0. The molecule has 0 saturated carbocycles. The average molecular weight is 482 g/mol. The highest BCUT2D eigenvalue weighted by molar-refractivity contribution is 6.00. The number of rotatable bonds is 8. The zero-order valence-corrected chi connectivity index (χ0v) is 18.2. The van der Waals surface area contributed by atoms with Gasteiger partial charge in [-0.25, -0.2) is 4.79 Å². The van der Waals surface area contributed by atoms with Gasteiger partial charge >= 0.3 is 5.97 Å². The highest BCUT2D eigenvalue weighted by Gasteiger charge is 2.36. The summed E-state index contributed by atoms with van der Waals surface area (Å²) in [7, 11) is 1.12. The average Bonchev–Trinajstić information content (AvgIpc) is 2.94. The lowest BCUT2D eigenvalue weighted by Crippen LogP contribution is -2.50. The van der Waals surface area contributed by atoms with Crippen molar-refractivity contribution in [2.45, 2.75) is 37.4 Å². The molecular weight excluding hydrogens is 456 g/mol. The maximum absolute atomic E-state index is 12.1. The zero-order chi connectivity index (χ0) is 25.0. The third kappa shape index (κ3) is 5.32. The van der Waals surface area contributed by atoms with E-state index < -0.39 is 59.9 Å². The summed E-state index contributed by atoms with van der Waals surface area (Å²) in [6.07, 6.45) is -3.82. The molecule has 2 aromatic rings. The number of methoxy groups -OCH3 is 1. The van der Waals surface area contributed by atoms with Gasteiger partial charge in [0.2, 0.25) is 11.2 Å². The van der Waals surface area contributed by atoms with Gasteiger partial charge in [0, 0.05) is 18.9 Å². The monoisotopic (exact) mass is 482 g/mol. The second kappa shape index (κ2) is 10.8. The summed E-state index contributed by atoms with van der Waals surface area (Å²) in [5.74, 6) is -3.39. The van der Waals surface area contributed by atoms with Crippen LogP contribution in [0.2, 0.25) is 0 Å². The van der Waals surface area contributed by atoms with Crippen molar-refractivity contribution in [1.82, 2.24) is 0 Å². The fourth-order valence-corrected chi connectivity index (χ4v) is 3.53. The molecule has 1 aliphatic rings. The van der Waals surface area contributed by atoms with Gasteiger partial charge in [0.05, 0.1) is 44.0 Å². The van der Waals surface area contributed by atoms with E-state index in [0.717, 1.165) is 13.2 Å². The van der Waals surface area contributed by atoms with Crippen LogP contribution in [0, 0.1) is 0 Å². The van der Waals surface area contributed by atoms with Crippen LogP contribution < -0.4 is 10.2 Å². The maximum atomic E-state index is 12.1. The van der Waals surface area contributed by atoms with E-state index in [1.165, 1.54) is 12.1 Å². The Labute approximate surface area is 193 Å². The minimum absolute atomic E-state index is 0.00143. The first kappa shape index (κ1) is 25.5. The number of carbonyl (C=O) groups excluding carboxylic acids is 1. The minimum Gasteiger partial charge on any atom is -0.504 e. The fraction of sp³-hybridized carbons (Fsp3) is 0.455. The van der Waals surface area contributed by atoms with E-state index in [2.05, 4.69) is 4.74 Å². The Balaban J connectivity index is 1.70. The summed E-state index contributed by atoms with van der Waals surface area (Å²) in [4.78, 5) is 24.0. The van der Waals surface area contributed by atoms with Gasteiger partial charge in [-0.2, -0.15) is 0 Å². The van der Waals surface area contributed by atoms with Crippen LogP contribution in [0.4, 0.5) is 0 Å². The normalized spacial score (nSPS) is 22.5. The van der Waals surface area contributed by atoms with Crippen molar-refractivity contribution in [1.29, 1.82) is 0 Å². The number of fused-ring (bicyclic) bond motifs is 1. The first-order valence-electron chi connectivity index (χ1n) is 10.4. The molecule has 1 saturated heterocycles. The molecule has 1 aliphatic heterocycles. The summed E-state index contributed by atoms with van der Waals surface area (Å²) < 4.78 is 20.9. The smallest absolute Gasteiger partial charge is 0.338 e. The van der Waals surface area contributed by atoms with Gasteiger partial charge in [-0.05, 0) is 17.5 Å². The SMILES string of the molecule is COC(=O)c1cc(=O)c(O)c2c(O)c(O)c(OCCCOC3CC(O)C(O)C(CO)O3)cc2c1. The van der Waals surface area contributed by atoms with Crippen LogP contribution in [-0.4, -0.2) is 88.1 Å². The Morgan fingerprint density at radius 1 is 1.09 bits per heavy atom.